The molecule has 0 spiro atoms. The summed E-state index contributed by atoms with van der Waals surface area (Å²) in [7, 11) is 3.78. The summed E-state index contributed by atoms with van der Waals surface area (Å²) in [5.74, 6) is 0.754. The van der Waals surface area contributed by atoms with E-state index in [0.29, 0.717) is 12.6 Å². The van der Waals surface area contributed by atoms with Gasteiger partial charge in [0, 0.05) is 43.9 Å². The summed E-state index contributed by atoms with van der Waals surface area (Å²) < 4.78 is 5.20. The maximum absolute atomic E-state index is 12.3. The van der Waals surface area contributed by atoms with Gasteiger partial charge in [-0.25, -0.2) is 0 Å². The molecule has 0 saturated carbocycles. The highest BCUT2D eigenvalue weighted by molar-refractivity contribution is 5.80. The van der Waals surface area contributed by atoms with Gasteiger partial charge >= 0.3 is 0 Å². The fraction of sp³-hybridized carbons (Fsp3) is 0.471. The van der Waals surface area contributed by atoms with Gasteiger partial charge in [-0.15, -0.1) is 0 Å². The number of aromatic amines is 1. The van der Waals surface area contributed by atoms with Crippen molar-refractivity contribution in [3.05, 3.63) is 40.2 Å². The molecule has 0 unspecified atom stereocenters. The number of methoxy groups -OCH3 is 1. The topological polar surface area (TPSA) is 48.6 Å². The van der Waals surface area contributed by atoms with Crippen molar-refractivity contribution < 1.29 is 4.74 Å². The number of aromatic nitrogens is 1. The number of hydrogen-bond acceptors (Lipinski definition) is 4. The minimum atomic E-state index is -0.00710. The predicted octanol–water partition coefficient (Wildman–Crippen LogP) is 1.67. The molecule has 118 valence electrons. The lowest BCUT2D eigenvalue weighted by molar-refractivity contribution is 0.0997. The van der Waals surface area contributed by atoms with E-state index in [9.17, 15) is 4.79 Å². The zero-order chi connectivity index (χ0) is 15.7. The Morgan fingerprint density at radius 3 is 2.86 bits per heavy atom. The van der Waals surface area contributed by atoms with Crippen molar-refractivity contribution in [2.75, 3.05) is 33.8 Å². The summed E-state index contributed by atoms with van der Waals surface area (Å²) in [5.41, 5.74) is 1.64. The molecule has 5 nitrogen and oxygen atoms in total. The lowest BCUT2D eigenvalue weighted by Crippen LogP contribution is -2.49. The molecular formula is C17H23N3O2. The first-order chi connectivity index (χ1) is 10.6. The van der Waals surface area contributed by atoms with Crippen LogP contribution >= 0.6 is 0 Å². The second-order valence-corrected chi connectivity index (χ2v) is 6.14. The van der Waals surface area contributed by atoms with E-state index in [0.717, 1.165) is 41.9 Å². The Morgan fingerprint density at radius 1 is 1.32 bits per heavy atom. The van der Waals surface area contributed by atoms with Gasteiger partial charge in [-0.05, 0) is 37.6 Å². The molecule has 0 bridgehead atoms. The Labute approximate surface area is 130 Å². The summed E-state index contributed by atoms with van der Waals surface area (Å²) in [6.45, 7) is 5.97. The molecule has 0 radical (unpaired) electrons. The van der Waals surface area contributed by atoms with Crippen LogP contribution in [0.15, 0.2) is 29.1 Å². The largest absolute Gasteiger partial charge is 0.497 e. The number of H-pyrrole nitrogens is 1. The van der Waals surface area contributed by atoms with Crippen LogP contribution in [0.2, 0.25) is 0 Å². The van der Waals surface area contributed by atoms with Gasteiger partial charge in [-0.3, -0.25) is 9.69 Å². The molecule has 0 aliphatic carbocycles. The van der Waals surface area contributed by atoms with Crippen molar-refractivity contribution in [3.63, 3.8) is 0 Å². The SMILES string of the molecule is COc1ccc2cc(CN3CCN(C)[C@H](C)C3)c(=O)[nH]c2c1. The Kier molecular flexibility index (Phi) is 4.18. The second-order valence-electron chi connectivity index (χ2n) is 6.14. The van der Waals surface area contributed by atoms with Gasteiger partial charge in [-0.2, -0.15) is 0 Å². The van der Waals surface area contributed by atoms with Crippen molar-refractivity contribution in [3.8, 4) is 5.75 Å². The van der Waals surface area contributed by atoms with Crippen molar-refractivity contribution in [2.45, 2.75) is 19.5 Å². The number of rotatable bonds is 3. The van der Waals surface area contributed by atoms with E-state index in [-0.39, 0.29) is 5.56 Å². The monoisotopic (exact) mass is 301 g/mol. The highest BCUT2D eigenvalue weighted by Crippen LogP contribution is 2.19. The fourth-order valence-corrected chi connectivity index (χ4v) is 2.98. The van der Waals surface area contributed by atoms with Crippen molar-refractivity contribution in [1.82, 2.24) is 14.8 Å². The summed E-state index contributed by atoms with van der Waals surface area (Å²) in [6.07, 6.45) is 0. The average Bonchev–Trinajstić information content (AvgIpc) is 2.51. The van der Waals surface area contributed by atoms with Gasteiger partial charge in [0.15, 0.2) is 0 Å². The van der Waals surface area contributed by atoms with E-state index >= 15 is 0 Å². The maximum Gasteiger partial charge on any atom is 0.252 e. The molecule has 1 aliphatic heterocycles. The van der Waals surface area contributed by atoms with Crippen LogP contribution in [0, 0.1) is 0 Å². The van der Waals surface area contributed by atoms with Crippen LogP contribution in [0.5, 0.6) is 5.75 Å². The molecule has 1 atom stereocenters. The van der Waals surface area contributed by atoms with Gasteiger partial charge in [0.2, 0.25) is 0 Å². The molecule has 0 amide bonds. The Balaban J connectivity index is 1.85. The lowest BCUT2D eigenvalue weighted by Gasteiger charge is -2.37. The molecular weight excluding hydrogens is 278 g/mol. The Bertz CT molecular complexity index is 725. The number of ether oxygens (including phenoxy) is 1. The third-order valence-corrected chi connectivity index (χ3v) is 4.57. The minimum Gasteiger partial charge on any atom is -0.497 e. The zero-order valence-electron chi connectivity index (χ0n) is 13.4. The maximum atomic E-state index is 12.3. The Morgan fingerprint density at radius 2 is 2.14 bits per heavy atom. The smallest absolute Gasteiger partial charge is 0.252 e. The number of hydrogen-bond donors (Lipinski definition) is 1. The van der Waals surface area contributed by atoms with E-state index in [1.165, 1.54) is 0 Å². The molecule has 1 fully saturated rings. The minimum absolute atomic E-state index is 0.00710. The number of benzene rings is 1. The van der Waals surface area contributed by atoms with Crippen LogP contribution < -0.4 is 10.3 Å². The van der Waals surface area contributed by atoms with Crippen LogP contribution in [0.4, 0.5) is 0 Å². The first kappa shape index (κ1) is 15.1. The summed E-state index contributed by atoms with van der Waals surface area (Å²) in [5, 5.41) is 1.04. The van der Waals surface area contributed by atoms with E-state index < -0.39 is 0 Å². The molecule has 1 N–H and O–H groups in total. The van der Waals surface area contributed by atoms with Crippen molar-refractivity contribution in [1.29, 1.82) is 0 Å². The second kappa shape index (κ2) is 6.10. The molecule has 1 saturated heterocycles. The number of nitrogens with one attached hydrogen (secondary N) is 1. The standard InChI is InChI=1S/C17H23N3O2/c1-12-10-20(7-6-19(12)2)11-14-8-13-4-5-15(22-3)9-16(13)18-17(14)21/h4-5,8-9,12H,6-7,10-11H2,1-3H3,(H,18,21)/t12-/m1/s1. The molecule has 1 aliphatic rings. The number of nitrogens with zero attached hydrogens (tertiary/aromatic N) is 2. The molecule has 5 heteroatoms. The van der Waals surface area contributed by atoms with Crippen LogP contribution in [0.3, 0.4) is 0 Å². The normalized spacial score (nSPS) is 20.4. The fourth-order valence-electron chi connectivity index (χ4n) is 2.98. The van der Waals surface area contributed by atoms with E-state index in [4.69, 9.17) is 4.74 Å². The molecule has 1 aromatic carbocycles. The average molecular weight is 301 g/mol. The first-order valence-corrected chi connectivity index (χ1v) is 7.69. The van der Waals surface area contributed by atoms with Crippen LogP contribution in [0.1, 0.15) is 12.5 Å². The number of likely N-dealkylation sites (N-methyl/N-ethyl adjacent to an activating group) is 1. The summed E-state index contributed by atoms with van der Waals surface area (Å²) >= 11 is 0. The van der Waals surface area contributed by atoms with Crippen molar-refractivity contribution in [2.24, 2.45) is 0 Å². The van der Waals surface area contributed by atoms with Crippen LogP contribution in [-0.4, -0.2) is 54.6 Å². The van der Waals surface area contributed by atoms with E-state index in [1.807, 2.05) is 24.3 Å². The van der Waals surface area contributed by atoms with E-state index in [2.05, 4.69) is 28.8 Å². The number of piperazine rings is 1. The van der Waals surface area contributed by atoms with Gasteiger partial charge in [0.1, 0.15) is 5.75 Å². The third kappa shape index (κ3) is 3.00. The number of pyridine rings is 1. The summed E-state index contributed by atoms with van der Waals surface area (Å²) in [4.78, 5) is 20.0. The quantitative estimate of drug-likeness (QED) is 0.937. The first-order valence-electron chi connectivity index (χ1n) is 7.69. The third-order valence-electron chi connectivity index (χ3n) is 4.57. The Hall–Kier alpha value is -1.85. The highest BCUT2D eigenvalue weighted by Gasteiger charge is 2.21. The van der Waals surface area contributed by atoms with E-state index in [1.54, 1.807) is 7.11 Å². The number of fused-ring (bicyclic) bond motifs is 1. The summed E-state index contributed by atoms with van der Waals surface area (Å²) in [6, 6.07) is 8.29. The molecule has 3 rings (SSSR count). The lowest BCUT2D eigenvalue weighted by atomic mass is 10.1. The molecule has 2 heterocycles. The van der Waals surface area contributed by atoms with Crippen LogP contribution in [-0.2, 0) is 6.54 Å². The molecule has 22 heavy (non-hydrogen) atoms. The predicted molar refractivity (Wildman–Crippen MR) is 88.5 cm³/mol. The highest BCUT2D eigenvalue weighted by atomic mass is 16.5. The van der Waals surface area contributed by atoms with Gasteiger partial charge < -0.3 is 14.6 Å². The zero-order valence-corrected chi connectivity index (χ0v) is 13.4. The van der Waals surface area contributed by atoms with Gasteiger partial charge in [0.25, 0.3) is 5.56 Å². The molecule has 1 aromatic heterocycles. The molecule has 2 aromatic rings. The van der Waals surface area contributed by atoms with Crippen LogP contribution in [0.25, 0.3) is 10.9 Å². The van der Waals surface area contributed by atoms with Gasteiger partial charge in [-0.1, -0.05) is 0 Å². The van der Waals surface area contributed by atoms with Crippen molar-refractivity contribution >= 4 is 10.9 Å². The van der Waals surface area contributed by atoms with Gasteiger partial charge in [0.05, 0.1) is 12.6 Å².